The fraction of sp³-hybridized carbons (Fsp3) is 0.381. The van der Waals surface area contributed by atoms with Crippen molar-refractivity contribution in [3.8, 4) is 11.4 Å². The molecule has 1 aromatic carbocycles. The van der Waals surface area contributed by atoms with Crippen LogP contribution in [-0.4, -0.2) is 42.6 Å². The van der Waals surface area contributed by atoms with Gasteiger partial charge in [-0.3, -0.25) is 4.79 Å². The number of benzene rings is 1. The molecule has 2 aromatic heterocycles. The Kier molecular flexibility index (Phi) is 5.91. The Morgan fingerprint density at radius 2 is 1.93 bits per heavy atom. The molecule has 0 bridgehead atoms. The molecular formula is C21H25N5O3. The smallest absolute Gasteiger partial charge is 0.338 e. The summed E-state index contributed by atoms with van der Waals surface area (Å²) >= 11 is 0. The molecule has 0 aliphatic heterocycles. The molecule has 3 rings (SSSR count). The van der Waals surface area contributed by atoms with Gasteiger partial charge in [0, 0.05) is 29.1 Å². The van der Waals surface area contributed by atoms with Gasteiger partial charge in [-0.15, -0.1) is 10.2 Å². The highest BCUT2D eigenvalue weighted by Crippen LogP contribution is 2.18. The van der Waals surface area contributed by atoms with E-state index in [2.05, 4.69) is 20.0 Å². The molecule has 0 atom stereocenters. The van der Waals surface area contributed by atoms with Crippen molar-refractivity contribution in [2.24, 2.45) is 0 Å². The SMILES string of the molecule is CCn1c(C)cc(C(=O)Cn2nnc(-c3cccc(C(=O)OC(C)C)c3)n2)c1C. The van der Waals surface area contributed by atoms with Gasteiger partial charge in [-0.05, 0) is 58.0 Å². The van der Waals surface area contributed by atoms with Crippen molar-refractivity contribution in [1.82, 2.24) is 24.8 Å². The number of tetrazole rings is 1. The van der Waals surface area contributed by atoms with Crippen LogP contribution in [0.1, 0.15) is 52.9 Å². The average molecular weight is 395 g/mol. The van der Waals surface area contributed by atoms with Crippen molar-refractivity contribution in [2.75, 3.05) is 0 Å². The van der Waals surface area contributed by atoms with Gasteiger partial charge in [-0.1, -0.05) is 12.1 Å². The Morgan fingerprint density at radius 1 is 1.17 bits per heavy atom. The monoisotopic (exact) mass is 395 g/mol. The number of ether oxygens (including phenoxy) is 1. The third-order valence-corrected chi connectivity index (χ3v) is 4.63. The lowest BCUT2D eigenvalue weighted by Crippen LogP contribution is -2.14. The molecule has 0 saturated heterocycles. The van der Waals surface area contributed by atoms with E-state index >= 15 is 0 Å². The molecule has 0 aliphatic carbocycles. The van der Waals surface area contributed by atoms with E-state index in [0.717, 1.165) is 17.9 Å². The van der Waals surface area contributed by atoms with Crippen molar-refractivity contribution in [3.63, 3.8) is 0 Å². The Bertz CT molecular complexity index is 1050. The van der Waals surface area contributed by atoms with E-state index in [1.54, 1.807) is 38.1 Å². The largest absolute Gasteiger partial charge is 0.459 e. The predicted molar refractivity (Wildman–Crippen MR) is 108 cm³/mol. The third-order valence-electron chi connectivity index (χ3n) is 4.63. The molecule has 3 aromatic rings. The van der Waals surface area contributed by atoms with E-state index in [-0.39, 0.29) is 18.4 Å². The molecular weight excluding hydrogens is 370 g/mol. The van der Waals surface area contributed by atoms with Gasteiger partial charge in [0.1, 0.15) is 6.54 Å². The maximum absolute atomic E-state index is 12.7. The summed E-state index contributed by atoms with van der Waals surface area (Å²) in [6.07, 6.45) is -0.203. The van der Waals surface area contributed by atoms with E-state index in [9.17, 15) is 9.59 Å². The topological polar surface area (TPSA) is 91.9 Å². The lowest BCUT2D eigenvalue weighted by atomic mass is 10.1. The van der Waals surface area contributed by atoms with Crippen LogP contribution in [0.4, 0.5) is 0 Å². The first-order chi connectivity index (χ1) is 13.8. The highest BCUT2D eigenvalue weighted by Gasteiger charge is 2.18. The molecule has 0 radical (unpaired) electrons. The van der Waals surface area contributed by atoms with Crippen molar-refractivity contribution in [2.45, 2.75) is 53.8 Å². The maximum Gasteiger partial charge on any atom is 0.338 e. The van der Waals surface area contributed by atoms with Crippen molar-refractivity contribution in [3.05, 3.63) is 52.8 Å². The van der Waals surface area contributed by atoms with Gasteiger partial charge in [0.2, 0.25) is 5.82 Å². The number of hydrogen-bond acceptors (Lipinski definition) is 6. The minimum absolute atomic E-state index is 0.00388. The minimum atomic E-state index is -0.407. The van der Waals surface area contributed by atoms with Crippen LogP contribution in [0.25, 0.3) is 11.4 Å². The van der Waals surface area contributed by atoms with Crippen LogP contribution >= 0.6 is 0 Å². The van der Waals surface area contributed by atoms with Gasteiger partial charge in [0.15, 0.2) is 5.78 Å². The van der Waals surface area contributed by atoms with Gasteiger partial charge in [0.25, 0.3) is 0 Å². The summed E-state index contributed by atoms with van der Waals surface area (Å²) in [6.45, 7) is 10.4. The zero-order valence-corrected chi connectivity index (χ0v) is 17.3. The molecule has 0 saturated carbocycles. The number of Topliss-reactive ketones (excluding diaryl/α,β-unsaturated/α-hetero) is 1. The number of aromatic nitrogens is 5. The van der Waals surface area contributed by atoms with E-state index in [4.69, 9.17) is 4.74 Å². The van der Waals surface area contributed by atoms with Crippen molar-refractivity contribution < 1.29 is 14.3 Å². The van der Waals surface area contributed by atoms with Gasteiger partial charge in [-0.2, -0.15) is 4.80 Å². The molecule has 0 N–H and O–H groups in total. The van der Waals surface area contributed by atoms with E-state index in [1.807, 2.05) is 26.8 Å². The second-order valence-electron chi connectivity index (χ2n) is 7.13. The highest BCUT2D eigenvalue weighted by atomic mass is 16.5. The van der Waals surface area contributed by atoms with Gasteiger partial charge < -0.3 is 9.30 Å². The minimum Gasteiger partial charge on any atom is -0.459 e. The lowest BCUT2D eigenvalue weighted by Gasteiger charge is -2.08. The lowest BCUT2D eigenvalue weighted by molar-refractivity contribution is 0.0378. The number of ketones is 1. The molecule has 29 heavy (non-hydrogen) atoms. The normalized spacial score (nSPS) is 11.1. The van der Waals surface area contributed by atoms with Crippen LogP contribution in [-0.2, 0) is 17.8 Å². The second kappa shape index (κ2) is 8.38. The summed E-state index contributed by atoms with van der Waals surface area (Å²) in [5.74, 6) is -0.136. The Balaban J connectivity index is 1.78. The van der Waals surface area contributed by atoms with Gasteiger partial charge >= 0.3 is 5.97 Å². The average Bonchev–Trinajstić information content (AvgIpc) is 3.25. The van der Waals surface area contributed by atoms with Crippen LogP contribution in [0.5, 0.6) is 0 Å². The number of aryl methyl sites for hydroxylation is 1. The first-order valence-corrected chi connectivity index (χ1v) is 9.59. The quantitative estimate of drug-likeness (QED) is 0.450. The third kappa shape index (κ3) is 4.42. The molecule has 152 valence electrons. The summed E-state index contributed by atoms with van der Waals surface area (Å²) in [7, 11) is 0. The van der Waals surface area contributed by atoms with Gasteiger partial charge in [0.05, 0.1) is 11.7 Å². The number of esters is 1. The second-order valence-corrected chi connectivity index (χ2v) is 7.13. The molecule has 0 amide bonds. The zero-order chi connectivity index (χ0) is 21.1. The van der Waals surface area contributed by atoms with Crippen LogP contribution in [0.3, 0.4) is 0 Å². The number of nitrogens with zero attached hydrogens (tertiary/aromatic N) is 5. The maximum atomic E-state index is 12.7. The molecule has 2 heterocycles. The molecule has 0 unspecified atom stereocenters. The number of carbonyl (C=O) groups excluding carboxylic acids is 2. The number of carbonyl (C=O) groups is 2. The summed E-state index contributed by atoms with van der Waals surface area (Å²) in [6, 6.07) is 8.74. The molecule has 0 spiro atoms. The molecule has 0 aliphatic rings. The van der Waals surface area contributed by atoms with Crippen LogP contribution in [0.2, 0.25) is 0 Å². The van der Waals surface area contributed by atoms with Crippen LogP contribution in [0.15, 0.2) is 30.3 Å². The first kappa shape index (κ1) is 20.4. The summed E-state index contributed by atoms with van der Waals surface area (Å²) < 4.78 is 7.31. The fourth-order valence-electron chi connectivity index (χ4n) is 3.28. The molecule has 8 heteroatoms. The zero-order valence-electron chi connectivity index (χ0n) is 17.3. The van der Waals surface area contributed by atoms with E-state index in [1.165, 1.54) is 4.80 Å². The summed E-state index contributed by atoms with van der Waals surface area (Å²) in [5, 5.41) is 12.3. The van der Waals surface area contributed by atoms with E-state index in [0.29, 0.717) is 22.5 Å². The molecule has 0 fully saturated rings. The Morgan fingerprint density at radius 3 is 2.59 bits per heavy atom. The Labute approximate surface area is 169 Å². The fourth-order valence-corrected chi connectivity index (χ4v) is 3.28. The molecule has 8 nitrogen and oxygen atoms in total. The van der Waals surface area contributed by atoms with Gasteiger partial charge in [-0.25, -0.2) is 4.79 Å². The summed E-state index contributed by atoms with van der Waals surface area (Å²) in [5.41, 5.74) is 3.70. The van der Waals surface area contributed by atoms with Crippen molar-refractivity contribution in [1.29, 1.82) is 0 Å². The highest BCUT2D eigenvalue weighted by molar-refractivity contribution is 5.97. The first-order valence-electron chi connectivity index (χ1n) is 9.59. The number of rotatable bonds is 7. The summed E-state index contributed by atoms with van der Waals surface area (Å²) in [4.78, 5) is 26.1. The Hall–Kier alpha value is -3.29. The van der Waals surface area contributed by atoms with Crippen molar-refractivity contribution >= 4 is 11.8 Å². The predicted octanol–water partition coefficient (Wildman–Crippen LogP) is 3.23. The van der Waals surface area contributed by atoms with E-state index < -0.39 is 5.97 Å². The van der Waals surface area contributed by atoms with Crippen LogP contribution < -0.4 is 0 Å². The standard InChI is InChI=1S/C21H25N5O3/c1-6-25-14(4)10-18(15(25)5)19(27)12-26-23-20(22-24-26)16-8-7-9-17(11-16)21(28)29-13(2)3/h7-11,13H,6,12H2,1-5H3. The number of hydrogen-bond donors (Lipinski definition) is 0. The van der Waals surface area contributed by atoms with Crippen LogP contribution in [0, 0.1) is 13.8 Å².